The highest BCUT2D eigenvalue weighted by atomic mass is 32.2. The van der Waals surface area contributed by atoms with E-state index < -0.39 is 0 Å². The van der Waals surface area contributed by atoms with Crippen LogP contribution in [0.25, 0.3) is 0 Å². The lowest BCUT2D eigenvalue weighted by Crippen LogP contribution is -2.03. The second-order valence-corrected chi connectivity index (χ2v) is 5.70. The summed E-state index contributed by atoms with van der Waals surface area (Å²) in [6.07, 6.45) is 2.76. The summed E-state index contributed by atoms with van der Waals surface area (Å²) in [5.74, 6) is 0.815. The summed E-state index contributed by atoms with van der Waals surface area (Å²) < 4.78 is 5.09. The lowest BCUT2D eigenvalue weighted by Gasteiger charge is -2.04. The maximum absolute atomic E-state index is 5.53. The standard InChI is InChI=1S/C11H14N4S2/c1-7-5-9(3-4-12)6-13-10(7)16-11-14-8(2)15-17-11/h5-6H,3-4,12H2,1-2H3. The summed E-state index contributed by atoms with van der Waals surface area (Å²) in [5, 5.41) is 0.988. The Labute approximate surface area is 109 Å². The first-order valence-electron chi connectivity index (χ1n) is 5.33. The average Bonchev–Trinajstić information content (AvgIpc) is 2.69. The van der Waals surface area contributed by atoms with Crippen molar-refractivity contribution >= 4 is 23.3 Å². The van der Waals surface area contributed by atoms with Crippen LogP contribution in [0.3, 0.4) is 0 Å². The van der Waals surface area contributed by atoms with Crippen LogP contribution in [0.5, 0.6) is 0 Å². The van der Waals surface area contributed by atoms with Crippen molar-refractivity contribution in [3.63, 3.8) is 0 Å². The average molecular weight is 266 g/mol. The van der Waals surface area contributed by atoms with Gasteiger partial charge in [-0.05, 0) is 61.2 Å². The molecule has 0 aliphatic rings. The number of pyridine rings is 1. The first-order valence-corrected chi connectivity index (χ1v) is 6.92. The molecule has 0 radical (unpaired) electrons. The highest BCUT2D eigenvalue weighted by molar-refractivity contribution is 8.00. The van der Waals surface area contributed by atoms with E-state index in [1.165, 1.54) is 17.1 Å². The molecule has 6 heteroatoms. The Bertz CT molecular complexity index is 510. The molecule has 0 amide bonds. The minimum absolute atomic E-state index is 0.656. The van der Waals surface area contributed by atoms with Crippen LogP contribution >= 0.6 is 23.3 Å². The van der Waals surface area contributed by atoms with Crippen LogP contribution in [0, 0.1) is 13.8 Å². The van der Waals surface area contributed by atoms with Gasteiger partial charge in [0.05, 0.1) is 0 Å². The molecule has 2 N–H and O–H groups in total. The van der Waals surface area contributed by atoms with E-state index >= 15 is 0 Å². The normalized spacial score (nSPS) is 10.8. The summed E-state index contributed by atoms with van der Waals surface area (Å²) in [7, 11) is 0. The molecule has 0 saturated carbocycles. The molecule has 0 bridgehead atoms. The van der Waals surface area contributed by atoms with Gasteiger partial charge in [-0.25, -0.2) is 9.97 Å². The zero-order valence-corrected chi connectivity index (χ0v) is 11.4. The van der Waals surface area contributed by atoms with Crippen LogP contribution in [0.4, 0.5) is 0 Å². The summed E-state index contributed by atoms with van der Waals surface area (Å²) in [6.45, 7) is 4.61. The molecule has 2 aromatic heterocycles. The zero-order valence-electron chi connectivity index (χ0n) is 9.80. The number of aromatic nitrogens is 3. The van der Waals surface area contributed by atoms with Crippen LogP contribution in [-0.2, 0) is 6.42 Å². The largest absolute Gasteiger partial charge is 0.330 e. The van der Waals surface area contributed by atoms with Gasteiger partial charge >= 0.3 is 0 Å². The van der Waals surface area contributed by atoms with Crippen LogP contribution in [-0.4, -0.2) is 20.9 Å². The number of aryl methyl sites for hydroxylation is 2. The van der Waals surface area contributed by atoms with Crippen molar-refractivity contribution in [3.8, 4) is 0 Å². The van der Waals surface area contributed by atoms with Crippen molar-refractivity contribution in [2.45, 2.75) is 29.6 Å². The lowest BCUT2D eigenvalue weighted by molar-refractivity contribution is 0.935. The minimum Gasteiger partial charge on any atom is -0.330 e. The Hall–Kier alpha value is -0.980. The molecule has 0 unspecified atom stereocenters. The molecule has 17 heavy (non-hydrogen) atoms. The fourth-order valence-electron chi connectivity index (χ4n) is 1.43. The molecule has 2 aromatic rings. The molecule has 0 spiro atoms. The van der Waals surface area contributed by atoms with E-state index in [0.717, 1.165) is 27.2 Å². The predicted molar refractivity (Wildman–Crippen MR) is 70.5 cm³/mol. The maximum atomic E-state index is 5.53. The van der Waals surface area contributed by atoms with E-state index in [1.54, 1.807) is 11.8 Å². The van der Waals surface area contributed by atoms with E-state index in [2.05, 4.69) is 27.3 Å². The van der Waals surface area contributed by atoms with Gasteiger partial charge in [0.2, 0.25) is 0 Å². The summed E-state index contributed by atoms with van der Waals surface area (Å²) >= 11 is 2.97. The molecule has 0 aliphatic heterocycles. The Morgan fingerprint density at radius 2 is 2.24 bits per heavy atom. The van der Waals surface area contributed by atoms with E-state index in [4.69, 9.17) is 5.73 Å². The lowest BCUT2D eigenvalue weighted by atomic mass is 10.2. The Kier molecular flexibility index (Phi) is 4.09. The third-order valence-electron chi connectivity index (χ3n) is 2.21. The molecule has 2 heterocycles. The van der Waals surface area contributed by atoms with Gasteiger partial charge in [-0.2, -0.15) is 4.37 Å². The highest BCUT2D eigenvalue weighted by Gasteiger charge is 2.07. The van der Waals surface area contributed by atoms with Crippen molar-refractivity contribution in [2.24, 2.45) is 5.73 Å². The Balaban J connectivity index is 2.16. The van der Waals surface area contributed by atoms with Gasteiger partial charge in [0.15, 0.2) is 4.34 Å². The SMILES string of the molecule is Cc1nsc(Sc2ncc(CCN)cc2C)n1. The molecule has 0 atom stereocenters. The topological polar surface area (TPSA) is 64.7 Å². The Morgan fingerprint density at radius 3 is 2.82 bits per heavy atom. The highest BCUT2D eigenvalue weighted by Crippen LogP contribution is 2.29. The third kappa shape index (κ3) is 3.24. The van der Waals surface area contributed by atoms with Gasteiger partial charge in [-0.15, -0.1) is 0 Å². The van der Waals surface area contributed by atoms with Crippen LogP contribution in [0.15, 0.2) is 21.6 Å². The van der Waals surface area contributed by atoms with Crippen molar-refractivity contribution in [2.75, 3.05) is 6.54 Å². The van der Waals surface area contributed by atoms with E-state index in [-0.39, 0.29) is 0 Å². The van der Waals surface area contributed by atoms with Crippen molar-refractivity contribution < 1.29 is 0 Å². The van der Waals surface area contributed by atoms with Crippen LogP contribution < -0.4 is 5.73 Å². The molecule has 0 aromatic carbocycles. The molecule has 90 valence electrons. The molecule has 4 nitrogen and oxygen atoms in total. The number of hydrogen-bond donors (Lipinski definition) is 1. The van der Waals surface area contributed by atoms with Gasteiger partial charge in [0.25, 0.3) is 0 Å². The molecule has 2 rings (SSSR count). The zero-order chi connectivity index (χ0) is 12.3. The Morgan fingerprint density at radius 1 is 1.41 bits per heavy atom. The summed E-state index contributed by atoms with van der Waals surface area (Å²) in [6, 6.07) is 2.14. The van der Waals surface area contributed by atoms with Crippen molar-refractivity contribution in [1.82, 2.24) is 14.3 Å². The number of nitrogens with zero attached hydrogens (tertiary/aromatic N) is 3. The van der Waals surface area contributed by atoms with Crippen LogP contribution in [0.1, 0.15) is 17.0 Å². The fraction of sp³-hybridized carbons (Fsp3) is 0.364. The smallest absolute Gasteiger partial charge is 0.176 e. The predicted octanol–water partition coefficient (Wildman–Crippen LogP) is 2.20. The summed E-state index contributed by atoms with van der Waals surface area (Å²) in [5.41, 5.74) is 7.87. The van der Waals surface area contributed by atoms with Gasteiger partial charge in [-0.1, -0.05) is 6.07 Å². The van der Waals surface area contributed by atoms with Crippen LogP contribution in [0.2, 0.25) is 0 Å². The second-order valence-electron chi connectivity index (χ2n) is 3.71. The summed E-state index contributed by atoms with van der Waals surface area (Å²) in [4.78, 5) is 8.76. The number of rotatable bonds is 4. The van der Waals surface area contributed by atoms with Gasteiger partial charge < -0.3 is 5.73 Å². The van der Waals surface area contributed by atoms with Gasteiger partial charge in [0, 0.05) is 6.20 Å². The number of hydrogen-bond acceptors (Lipinski definition) is 6. The molecule has 0 aliphatic carbocycles. The van der Waals surface area contributed by atoms with Gasteiger partial charge in [-0.3, -0.25) is 0 Å². The van der Waals surface area contributed by atoms with E-state index in [9.17, 15) is 0 Å². The monoisotopic (exact) mass is 266 g/mol. The van der Waals surface area contributed by atoms with Crippen molar-refractivity contribution in [1.29, 1.82) is 0 Å². The van der Waals surface area contributed by atoms with E-state index in [1.807, 2.05) is 13.1 Å². The van der Waals surface area contributed by atoms with Crippen molar-refractivity contribution in [3.05, 3.63) is 29.2 Å². The molecule has 0 saturated heterocycles. The second kappa shape index (κ2) is 5.57. The first-order chi connectivity index (χ1) is 8.19. The third-order valence-corrected chi connectivity index (χ3v) is 4.18. The fourth-order valence-corrected chi connectivity index (χ4v) is 3.02. The minimum atomic E-state index is 0.656. The maximum Gasteiger partial charge on any atom is 0.176 e. The molecule has 0 fully saturated rings. The quantitative estimate of drug-likeness (QED) is 0.919. The first kappa shape index (κ1) is 12.5. The molecular formula is C11H14N4S2. The number of nitrogens with two attached hydrogens (primary N) is 1. The van der Waals surface area contributed by atoms with E-state index in [0.29, 0.717) is 6.54 Å². The van der Waals surface area contributed by atoms with Gasteiger partial charge in [0.1, 0.15) is 10.9 Å². The molecular weight excluding hydrogens is 252 g/mol.